The minimum absolute atomic E-state index is 0.164. The predicted octanol–water partition coefficient (Wildman–Crippen LogP) is 4.37. The van der Waals surface area contributed by atoms with Gasteiger partial charge in [0.05, 0.1) is 12.6 Å². The van der Waals surface area contributed by atoms with Crippen molar-refractivity contribution in [1.29, 1.82) is 0 Å². The van der Waals surface area contributed by atoms with E-state index in [0.29, 0.717) is 28.0 Å². The number of hydrogen-bond donors (Lipinski definition) is 3. The standard InChI is InChI=1S/C24H19BrN4O4/c1-33-19-10-8-18(9-11-19)27-23(31)24(32)28-29-20-12-7-16(25)13-15(20)14-21(29)22(30)26-17-5-3-2-4-6-17/h2-14H,1H3,(H,26,30)(H,27,31)(H,28,32). The molecule has 0 fully saturated rings. The van der Waals surface area contributed by atoms with Crippen molar-refractivity contribution in [2.24, 2.45) is 0 Å². The maximum atomic E-state index is 13.0. The smallest absolute Gasteiger partial charge is 0.328 e. The molecule has 0 aliphatic rings. The molecule has 1 aromatic heterocycles. The molecule has 3 aromatic carbocycles. The van der Waals surface area contributed by atoms with Gasteiger partial charge in [-0.25, -0.2) is 4.68 Å². The molecule has 0 radical (unpaired) electrons. The van der Waals surface area contributed by atoms with Gasteiger partial charge in [-0.3, -0.25) is 19.8 Å². The molecule has 9 heteroatoms. The van der Waals surface area contributed by atoms with Gasteiger partial charge in [-0.2, -0.15) is 0 Å². The Kier molecular flexibility index (Phi) is 6.41. The molecule has 0 saturated carbocycles. The zero-order chi connectivity index (χ0) is 23.4. The second kappa shape index (κ2) is 9.58. The Bertz CT molecular complexity index is 1330. The first-order chi connectivity index (χ1) is 15.9. The summed E-state index contributed by atoms with van der Waals surface area (Å²) in [6.07, 6.45) is 0. The fraction of sp³-hybridized carbons (Fsp3) is 0.0417. The highest BCUT2D eigenvalue weighted by molar-refractivity contribution is 9.10. The maximum Gasteiger partial charge on any atom is 0.328 e. The third-order valence-electron chi connectivity index (χ3n) is 4.80. The molecule has 0 bridgehead atoms. The Morgan fingerprint density at radius 3 is 2.21 bits per heavy atom. The summed E-state index contributed by atoms with van der Waals surface area (Å²) in [5.41, 5.74) is 4.28. The predicted molar refractivity (Wildman–Crippen MR) is 130 cm³/mol. The first-order valence-electron chi connectivity index (χ1n) is 9.88. The van der Waals surface area contributed by atoms with Gasteiger partial charge in [0.15, 0.2) is 0 Å². The number of carbonyl (C=O) groups excluding carboxylic acids is 3. The van der Waals surface area contributed by atoms with Crippen LogP contribution < -0.4 is 20.8 Å². The molecule has 4 aromatic rings. The number of nitrogens with zero attached hydrogens (tertiary/aromatic N) is 1. The SMILES string of the molecule is COc1ccc(NC(=O)C(=O)Nn2c(C(=O)Nc3ccccc3)cc3cc(Br)ccc32)cc1. The summed E-state index contributed by atoms with van der Waals surface area (Å²) in [6.45, 7) is 0. The number of benzene rings is 3. The summed E-state index contributed by atoms with van der Waals surface area (Å²) in [5, 5.41) is 6.02. The minimum atomic E-state index is -0.931. The number of aromatic nitrogens is 1. The fourth-order valence-corrected chi connectivity index (χ4v) is 3.58. The van der Waals surface area contributed by atoms with Gasteiger partial charge in [0, 0.05) is 21.2 Å². The van der Waals surface area contributed by atoms with Crippen LogP contribution in [0.25, 0.3) is 10.9 Å². The van der Waals surface area contributed by atoms with Crippen molar-refractivity contribution in [1.82, 2.24) is 4.68 Å². The number of ether oxygens (including phenoxy) is 1. The molecule has 3 N–H and O–H groups in total. The molecule has 1 heterocycles. The van der Waals surface area contributed by atoms with Gasteiger partial charge in [-0.05, 0) is 60.7 Å². The minimum Gasteiger partial charge on any atom is -0.497 e. The van der Waals surface area contributed by atoms with E-state index in [-0.39, 0.29) is 5.69 Å². The molecule has 4 rings (SSSR count). The van der Waals surface area contributed by atoms with Crippen LogP contribution in [0.5, 0.6) is 5.75 Å². The van der Waals surface area contributed by atoms with Crippen LogP contribution in [0.4, 0.5) is 11.4 Å². The van der Waals surface area contributed by atoms with Gasteiger partial charge in [-0.15, -0.1) is 0 Å². The van der Waals surface area contributed by atoms with Gasteiger partial charge in [-0.1, -0.05) is 34.1 Å². The third-order valence-corrected chi connectivity index (χ3v) is 5.29. The van der Waals surface area contributed by atoms with E-state index in [4.69, 9.17) is 4.74 Å². The number of amides is 3. The van der Waals surface area contributed by atoms with E-state index in [1.807, 2.05) is 12.1 Å². The lowest BCUT2D eigenvalue weighted by Gasteiger charge is -2.13. The van der Waals surface area contributed by atoms with Crippen molar-refractivity contribution in [2.45, 2.75) is 0 Å². The van der Waals surface area contributed by atoms with Gasteiger partial charge in [0.25, 0.3) is 5.91 Å². The number of anilines is 2. The van der Waals surface area contributed by atoms with Crippen LogP contribution in [0.3, 0.4) is 0 Å². The Hall–Kier alpha value is -4.11. The highest BCUT2D eigenvalue weighted by atomic mass is 79.9. The van der Waals surface area contributed by atoms with Gasteiger partial charge < -0.3 is 15.4 Å². The Labute approximate surface area is 197 Å². The van der Waals surface area contributed by atoms with Crippen molar-refractivity contribution in [2.75, 3.05) is 23.2 Å². The molecule has 166 valence electrons. The Balaban J connectivity index is 1.59. The normalized spacial score (nSPS) is 10.5. The summed E-state index contributed by atoms with van der Waals surface area (Å²) in [6, 6.07) is 22.5. The molecular formula is C24H19BrN4O4. The van der Waals surface area contributed by atoms with E-state index >= 15 is 0 Å². The zero-order valence-corrected chi connectivity index (χ0v) is 19.0. The molecule has 0 saturated heterocycles. The molecule has 8 nitrogen and oxygen atoms in total. The van der Waals surface area contributed by atoms with Crippen molar-refractivity contribution in [3.63, 3.8) is 0 Å². The lowest BCUT2D eigenvalue weighted by atomic mass is 10.2. The summed E-state index contributed by atoms with van der Waals surface area (Å²) in [5.74, 6) is -1.63. The van der Waals surface area contributed by atoms with E-state index in [9.17, 15) is 14.4 Å². The number of methoxy groups -OCH3 is 1. The summed E-state index contributed by atoms with van der Waals surface area (Å²) in [4.78, 5) is 38.1. The second-order valence-electron chi connectivity index (χ2n) is 7.01. The average Bonchev–Trinajstić information content (AvgIpc) is 3.17. The largest absolute Gasteiger partial charge is 0.497 e. The van der Waals surface area contributed by atoms with E-state index in [2.05, 4.69) is 32.0 Å². The van der Waals surface area contributed by atoms with E-state index < -0.39 is 17.7 Å². The molecule has 0 atom stereocenters. The van der Waals surface area contributed by atoms with Gasteiger partial charge >= 0.3 is 11.8 Å². The molecular weight excluding hydrogens is 488 g/mol. The molecule has 0 aliphatic carbocycles. The Morgan fingerprint density at radius 1 is 0.818 bits per heavy atom. The van der Waals surface area contributed by atoms with Crippen LogP contribution in [0.1, 0.15) is 10.5 Å². The quantitative estimate of drug-likeness (QED) is 0.349. The first-order valence-corrected chi connectivity index (χ1v) is 10.7. The topological polar surface area (TPSA) is 101 Å². The van der Waals surface area contributed by atoms with E-state index in [1.54, 1.807) is 66.7 Å². The lowest BCUT2D eigenvalue weighted by Crippen LogP contribution is -2.36. The highest BCUT2D eigenvalue weighted by Gasteiger charge is 2.21. The molecule has 0 unspecified atom stereocenters. The van der Waals surface area contributed by atoms with Crippen LogP contribution in [0.15, 0.2) is 83.3 Å². The molecule has 0 spiro atoms. The van der Waals surface area contributed by atoms with Crippen molar-refractivity contribution in [3.05, 3.63) is 89.0 Å². The van der Waals surface area contributed by atoms with Crippen LogP contribution in [-0.4, -0.2) is 29.5 Å². The lowest BCUT2D eigenvalue weighted by molar-refractivity contribution is -0.133. The van der Waals surface area contributed by atoms with Crippen LogP contribution in [-0.2, 0) is 9.59 Å². The average molecular weight is 507 g/mol. The molecule has 33 heavy (non-hydrogen) atoms. The van der Waals surface area contributed by atoms with Gasteiger partial charge in [0.1, 0.15) is 11.4 Å². The van der Waals surface area contributed by atoms with Crippen LogP contribution in [0.2, 0.25) is 0 Å². The number of rotatable bonds is 5. The number of nitrogens with one attached hydrogen (secondary N) is 3. The van der Waals surface area contributed by atoms with Crippen molar-refractivity contribution in [3.8, 4) is 5.75 Å². The van der Waals surface area contributed by atoms with Gasteiger partial charge in [0.2, 0.25) is 0 Å². The van der Waals surface area contributed by atoms with E-state index in [1.165, 1.54) is 11.8 Å². The van der Waals surface area contributed by atoms with Crippen molar-refractivity contribution < 1.29 is 19.1 Å². The second-order valence-corrected chi connectivity index (χ2v) is 7.93. The fourth-order valence-electron chi connectivity index (χ4n) is 3.20. The highest BCUT2D eigenvalue weighted by Crippen LogP contribution is 2.24. The molecule has 0 aliphatic heterocycles. The number of carbonyl (C=O) groups is 3. The van der Waals surface area contributed by atoms with Crippen molar-refractivity contribution >= 4 is 55.9 Å². The summed E-state index contributed by atoms with van der Waals surface area (Å²) < 4.78 is 7.20. The maximum absolute atomic E-state index is 13.0. The third kappa shape index (κ3) is 5.04. The number of fused-ring (bicyclic) bond motifs is 1. The monoisotopic (exact) mass is 506 g/mol. The summed E-state index contributed by atoms with van der Waals surface area (Å²) >= 11 is 3.41. The van der Waals surface area contributed by atoms with Crippen LogP contribution in [0, 0.1) is 0 Å². The first kappa shape index (κ1) is 22.1. The van der Waals surface area contributed by atoms with Crippen LogP contribution >= 0.6 is 15.9 Å². The zero-order valence-electron chi connectivity index (χ0n) is 17.5. The Morgan fingerprint density at radius 2 is 1.52 bits per heavy atom. The number of halogens is 1. The molecule has 3 amide bonds. The number of para-hydroxylation sites is 1. The summed E-state index contributed by atoms with van der Waals surface area (Å²) in [7, 11) is 1.53. The van der Waals surface area contributed by atoms with E-state index in [0.717, 1.165) is 4.47 Å². The number of hydrogen-bond acceptors (Lipinski definition) is 4.